The van der Waals surface area contributed by atoms with Crippen molar-refractivity contribution in [3.05, 3.63) is 69.8 Å². The van der Waals surface area contributed by atoms with E-state index in [0.29, 0.717) is 11.3 Å². The smallest absolute Gasteiger partial charge is 0.270 e. The molecule has 0 heterocycles. The largest absolute Gasteiger partial charge is 0.398 e. The molecule has 0 aliphatic rings. The molecule has 2 aromatic rings. The fourth-order valence-corrected chi connectivity index (χ4v) is 1.62. The van der Waals surface area contributed by atoms with Crippen LogP contribution in [0, 0.1) is 10.1 Å². The summed E-state index contributed by atoms with van der Waals surface area (Å²) in [4.78, 5) is 22.3. The average molecular weight is 242 g/mol. The van der Waals surface area contributed by atoms with Gasteiger partial charge in [-0.2, -0.15) is 0 Å². The second kappa shape index (κ2) is 4.67. The second-order valence-corrected chi connectivity index (χ2v) is 3.72. The number of anilines is 1. The Morgan fingerprint density at radius 1 is 1.11 bits per heavy atom. The van der Waals surface area contributed by atoms with Gasteiger partial charge in [0.25, 0.3) is 5.69 Å². The fraction of sp³-hybridized carbons (Fsp3) is 0. The highest BCUT2D eigenvalue weighted by atomic mass is 16.6. The zero-order valence-corrected chi connectivity index (χ0v) is 9.37. The zero-order chi connectivity index (χ0) is 13.1. The molecular weight excluding hydrogens is 232 g/mol. The lowest BCUT2D eigenvalue weighted by Crippen LogP contribution is -2.05. The van der Waals surface area contributed by atoms with E-state index in [4.69, 9.17) is 5.73 Å². The maximum atomic E-state index is 12.1. The van der Waals surface area contributed by atoms with E-state index in [1.54, 1.807) is 24.3 Å². The number of para-hydroxylation sites is 1. The van der Waals surface area contributed by atoms with E-state index >= 15 is 0 Å². The van der Waals surface area contributed by atoms with E-state index in [2.05, 4.69) is 0 Å². The molecule has 2 rings (SSSR count). The monoisotopic (exact) mass is 242 g/mol. The van der Waals surface area contributed by atoms with Gasteiger partial charge in [0.2, 0.25) is 0 Å². The Bertz CT molecular complexity index is 623. The van der Waals surface area contributed by atoms with E-state index in [-0.39, 0.29) is 17.0 Å². The molecule has 0 fully saturated rings. The van der Waals surface area contributed by atoms with Crippen molar-refractivity contribution in [1.29, 1.82) is 0 Å². The van der Waals surface area contributed by atoms with E-state index in [1.165, 1.54) is 24.3 Å². The van der Waals surface area contributed by atoms with Crippen LogP contribution in [0.15, 0.2) is 48.5 Å². The predicted octanol–water partition coefficient (Wildman–Crippen LogP) is 2.41. The standard InChI is InChI=1S/C13H10N2O3/c14-12-7-2-1-6-11(12)13(16)9-4-3-5-10(8-9)15(17)18/h1-8H,14H2. The van der Waals surface area contributed by atoms with Gasteiger partial charge in [0, 0.05) is 28.9 Å². The highest BCUT2D eigenvalue weighted by molar-refractivity contribution is 6.12. The summed E-state index contributed by atoms with van der Waals surface area (Å²) in [5.74, 6) is -0.322. The van der Waals surface area contributed by atoms with Crippen molar-refractivity contribution in [2.45, 2.75) is 0 Å². The van der Waals surface area contributed by atoms with E-state index in [1.807, 2.05) is 0 Å². The summed E-state index contributed by atoms with van der Waals surface area (Å²) < 4.78 is 0. The first-order chi connectivity index (χ1) is 8.59. The number of nitro benzene ring substituents is 1. The quantitative estimate of drug-likeness (QED) is 0.387. The van der Waals surface area contributed by atoms with Gasteiger partial charge in [-0.3, -0.25) is 14.9 Å². The Kier molecular flexibility index (Phi) is 3.05. The van der Waals surface area contributed by atoms with Crippen LogP contribution in [0.2, 0.25) is 0 Å². The number of nitro groups is 1. The van der Waals surface area contributed by atoms with Crippen LogP contribution in [0.25, 0.3) is 0 Å². The number of carbonyl (C=O) groups excluding carboxylic acids is 1. The van der Waals surface area contributed by atoms with Gasteiger partial charge < -0.3 is 5.73 Å². The van der Waals surface area contributed by atoms with Crippen LogP contribution in [0.5, 0.6) is 0 Å². The minimum atomic E-state index is -0.537. The number of hydrogen-bond acceptors (Lipinski definition) is 4. The molecule has 0 aliphatic heterocycles. The van der Waals surface area contributed by atoms with Crippen molar-refractivity contribution in [3.63, 3.8) is 0 Å². The molecule has 0 spiro atoms. The van der Waals surface area contributed by atoms with Gasteiger partial charge in [0.1, 0.15) is 0 Å². The molecule has 0 bridgehead atoms. The molecule has 0 unspecified atom stereocenters. The third kappa shape index (κ3) is 2.20. The van der Waals surface area contributed by atoms with E-state index in [9.17, 15) is 14.9 Å². The molecule has 2 aromatic carbocycles. The van der Waals surface area contributed by atoms with Crippen LogP contribution in [0.4, 0.5) is 11.4 Å². The molecule has 90 valence electrons. The number of carbonyl (C=O) groups is 1. The van der Waals surface area contributed by atoms with Crippen molar-refractivity contribution in [1.82, 2.24) is 0 Å². The minimum absolute atomic E-state index is 0.115. The highest BCUT2D eigenvalue weighted by Gasteiger charge is 2.14. The van der Waals surface area contributed by atoms with Gasteiger partial charge in [-0.1, -0.05) is 24.3 Å². The van der Waals surface area contributed by atoms with Crippen molar-refractivity contribution >= 4 is 17.2 Å². The lowest BCUT2D eigenvalue weighted by molar-refractivity contribution is -0.384. The maximum Gasteiger partial charge on any atom is 0.270 e. The summed E-state index contributed by atoms with van der Waals surface area (Å²) >= 11 is 0. The summed E-state index contributed by atoms with van der Waals surface area (Å²) in [5, 5.41) is 10.6. The third-order valence-electron chi connectivity index (χ3n) is 2.52. The molecule has 0 saturated carbocycles. The summed E-state index contributed by atoms with van der Waals surface area (Å²) in [7, 11) is 0. The van der Waals surface area contributed by atoms with Crippen LogP contribution < -0.4 is 5.73 Å². The number of rotatable bonds is 3. The van der Waals surface area contributed by atoms with Crippen molar-refractivity contribution < 1.29 is 9.72 Å². The summed E-state index contributed by atoms with van der Waals surface area (Å²) in [6.45, 7) is 0. The average Bonchev–Trinajstić information content (AvgIpc) is 2.38. The van der Waals surface area contributed by atoms with Crippen molar-refractivity contribution in [2.75, 3.05) is 5.73 Å². The molecule has 18 heavy (non-hydrogen) atoms. The van der Waals surface area contributed by atoms with E-state index < -0.39 is 4.92 Å². The summed E-state index contributed by atoms with van der Waals surface area (Å²) in [6, 6.07) is 12.2. The van der Waals surface area contributed by atoms with Crippen LogP contribution in [0.1, 0.15) is 15.9 Å². The molecule has 0 aromatic heterocycles. The minimum Gasteiger partial charge on any atom is -0.398 e. The SMILES string of the molecule is Nc1ccccc1C(=O)c1cccc([N+](=O)[O-])c1. The Labute approximate surface area is 103 Å². The summed E-state index contributed by atoms with van der Waals surface area (Å²) in [6.07, 6.45) is 0. The van der Waals surface area contributed by atoms with Gasteiger partial charge in [0.05, 0.1) is 4.92 Å². The van der Waals surface area contributed by atoms with Crippen molar-refractivity contribution in [3.8, 4) is 0 Å². The number of non-ortho nitro benzene ring substituents is 1. The number of nitrogens with zero attached hydrogens (tertiary/aromatic N) is 1. The first kappa shape index (κ1) is 11.8. The highest BCUT2D eigenvalue weighted by Crippen LogP contribution is 2.19. The first-order valence-electron chi connectivity index (χ1n) is 5.23. The zero-order valence-electron chi connectivity index (χ0n) is 9.37. The van der Waals surface area contributed by atoms with Crippen LogP contribution in [0.3, 0.4) is 0 Å². The van der Waals surface area contributed by atoms with Gasteiger partial charge in [-0.15, -0.1) is 0 Å². The fourth-order valence-electron chi connectivity index (χ4n) is 1.62. The molecule has 2 N–H and O–H groups in total. The normalized spacial score (nSPS) is 10.0. The van der Waals surface area contributed by atoms with Gasteiger partial charge >= 0.3 is 0 Å². The second-order valence-electron chi connectivity index (χ2n) is 3.72. The summed E-state index contributed by atoms with van der Waals surface area (Å²) in [5.41, 5.74) is 6.54. The number of benzene rings is 2. The number of hydrogen-bond donors (Lipinski definition) is 1. The van der Waals surface area contributed by atoms with Crippen LogP contribution >= 0.6 is 0 Å². The lowest BCUT2D eigenvalue weighted by Gasteiger charge is -2.04. The van der Waals surface area contributed by atoms with E-state index in [0.717, 1.165) is 0 Å². The Hall–Kier alpha value is -2.69. The molecule has 0 saturated heterocycles. The van der Waals surface area contributed by atoms with Gasteiger partial charge in [-0.05, 0) is 12.1 Å². The number of ketones is 1. The molecule has 0 atom stereocenters. The lowest BCUT2D eigenvalue weighted by atomic mass is 10.0. The molecule has 0 amide bonds. The molecule has 0 radical (unpaired) electrons. The molecule has 5 heteroatoms. The number of nitrogens with two attached hydrogens (primary N) is 1. The Morgan fingerprint density at radius 3 is 2.50 bits per heavy atom. The maximum absolute atomic E-state index is 12.1. The Morgan fingerprint density at radius 2 is 1.83 bits per heavy atom. The number of nitrogen functional groups attached to an aromatic ring is 1. The van der Waals surface area contributed by atoms with Crippen LogP contribution in [-0.2, 0) is 0 Å². The van der Waals surface area contributed by atoms with Gasteiger partial charge in [0.15, 0.2) is 5.78 Å². The van der Waals surface area contributed by atoms with Gasteiger partial charge in [-0.25, -0.2) is 0 Å². The third-order valence-corrected chi connectivity index (χ3v) is 2.52. The van der Waals surface area contributed by atoms with Crippen LogP contribution in [-0.4, -0.2) is 10.7 Å². The molecule has 0 aliphatic carbocycles. The predicted molar refractivity (Wildman–Crippen MR) is 67.4 cm³/mol. The Balaban J connectivity index is 2.44. The topological polar surface area (TPSA) is 86.2 Å². The van der Waals surface area contributed by atoms with Crippen molar-refractivity contribution in [2.24, 2.45) is 0 Å². The first-order valence-corrected chi connectivity index (χ1v) is 5.23. The molecular formula is C13H10N2O3. The molecule has 5 nitrogen and oxygen atoms in total.